The molecule has 1 heterocycles. The summed E-state index contributed by atoms with van der Waals surface area (Å²) in [5, 5.41) is 22.0. The minimum atomic E-state index is -0.0761. The van der Waals surface area contributed by atoms with Gasteiger partial charge in [-0.1, -0.05) is 105 Å². The summed E-state index contributed by atoms with van der Waals surface area (Å²) < 4.78 is 0. The smallest absolute Gasteiger partial charge is 0.138 e. The molecule has 8 rings (SSSR count). The van der Waals surface area contributed by atoms with Gasteiger partial charge in [0.05, 0.1) is 0 Å². The van der Waals surface area contributed by atoms with Gasteiger partial charge in [-0.2, -0.15) is 10.5 Å². The van der Waals surface area contributed by atoms with Crippen molar-refractivity contribution in [3.63, 3.8) is 0 Å². The molecule has 0 unspecified atom stereocenters. The molecule has 5 aromatic carbocycles. The second-order valence-corrected chi connectivity index (χ2v) is 12.6. The predicted octanol–water partition coefficient (Wildman–Crippen LogP) is 10.4. The Bertz CT molecular complexity index is 2230. The minimum Gasteiger partial charge on any atom is -0.192 e. The molecule has 0 atom stereocenters. The number of hydrogen-bond donors (Lipinski definition) is 0. The normalized spacial score (nSPS) is 13.6. The van der Waals surface area contributed by atoms with Crippen molar-refractivity contribution in [1.82, 2.24) is 0 Å². The zero-order valence-corrected chi connectivity index (χ0v) is 24.0. The lowest BCUT2D eigenvalue weighted by atomic mass is 9.68. The molecule has 0 radical (unpaired) electrons. The number of fused-ring (bicyclic) bond motifs is 5. The van der Waals surface area contributed by atoms with Gasteiger partial charge in [-0.3, -0.25) is 0 Å². The average Bonchev–Trinajstić information content (AvgIpc) is 3.64. The van der Waals surface area contributed by atoms with E-state index >= 15 is 0 Å². The molecule has 2 aliphatic rings. The van der Waals surface area contributed by atoms with Gasteiger partial charge in [0.15, 0.2) is 0 Å². The Morgan fingerprint density at radius 2 is 1.21 bits per heavy atom. The van der Waals surface area contributed by atoms with E-state index in [1.165, 1.54) is 48.3 Å². The lowest BCUT2D eigenvalue weighted by molar-refractivity contribution is 0.645. The molecule has 3 heteroatoms. The van der Waals surface area contributed by atoms with Gasteiger partial charge in [0.25, 0.3) is 0 Å². The van der Waals surface area contributed by atoms with Crippen molar-refractivity contribution >= 4 is 27.7 Å². The van der Waals surface area contributed by atoms with Gasteiger partial charge in [-0.25, -0.2) is 0 Å². The van der Waals surface area contributed by atoms with Crippen LogP contribution in [0.5, 0.6) is 0 Å². The van der Waals surface area contributed by atoms with E-state index < -0.39 is 0 Å². The molecule has 0 bridgehead atoms. The van der Waals surface area contributed by atoms with Crippen LogP contribution in [0.15, 0.2) is 115 Å². The van der Waals surface area contributed by atoms with Crippen LogP contribution < -0.4 is 0 Å². The summed E-state index contributed by atoms with van der Waals surface area (Å²) in [6.07, 6.45) is 0. The van der Waals surface area contributed by atoms with Crippen LogP contribution >= 0.6 is 11.3 Å². The number of benzene rings is 5. The zero-order chi connectivity index (χ0) is 28.6. The van der Waals surface area contributed by atoms with Crippen LogP contribution in [0.2, 0.25) is 0 Å². The molecule has 2 nitrogen and oxygen atoms in total. The molecular weight excluding hydrogens is 529 g/mol. The quantitative estimate of drug-likeness (QED) is 0.200. The molecule has 1 aromatic heterocycles. The third-order valence-electron chi connectivity index (χ3n) is 9.01. The minimum absolute atomic E-state index is 0.0761. The summed E-state index contributed by atoms with van der Waals surface area (Å²) in [7, 11) is 0. The average molecular weight is 553 g/mol. The lowest BCUT2D eigenvalue weighted by Crippen LogP contribution is -2.23. The van der Waals surface area contributed by atoms with Crippen LogP contribution in [-0.4, -0.2) is 0 Å². The van der Waals surface area contributed by atoms with Crippen molar-refractivity contribution in [3.8, 4) is 55.3 Å². The van der Waals surface area contributed by atoms with Crippen molar-refractivity contribution < 1.29 is 0 Å². The third kappa shape index (κ3) is 3.29. The number of nitrogens with zero attached hydrogens (tertiary/aromatic N) is 2. The Balaban J connectivity index is 1.27. The van der Waals surface area contributed by atoms with Crippen LogP contribution in [0.1, 0.15) is 36.1 Å². The van der Waals surface area contributed by atoms with Crippen molar-refractivity contribution in [3.05, 3.63) is 137 Å². The molecule has 196 valence electrons. The fraction of sp³-hybridized carbons (Fsp3) is 0.0769. The number of hydrogen-bond acceptors (Lipinski definition) is 3. The summed E-state index contributed by atoms with van der Waals surface area (Å²) >= 11 is 1.80. The van der Waals surface area contributed by atoms with Crippen LogP contribution in [0.25, 0.3) is 59.5 Å². The highest BCUT2D eigenvalue weighted by Crippen LogP contribution is 2.51. The Labute approximate surface area is 249 Å². The highest BCUT2D eigenvalue weighted by Gasteiger charge is 2.33. The second-order valence-electron chi connectivity index (χ2n) is 11.5. The first-order valence-corrected chi connectivity index (χ1v) is 14.9. The van der Waals surface area contributed by atoms with Gasteiger partial charge in [-0.05, 0) is 84.6 Å². The Hall–Kier alpha value is -5.22. The van der Waals surface area contributed by atoms with E-state index in [0.29, 0.717) is 0 Å². The zero-order valence-electron chi connectivity index (χ0n) is 23.2. The molecule has 0 fully saturated rings. The van der Waals surface area contributed by atoms with Gasteiger partial charge < -0.3 is 0 Å². The van der Waals surface area contributed by atoms with E-state index in [1.54, 1.807) is 11.3 Å². The standard InChI is InChI=1S/C39H24N2S/c1-39(2)33-12-6-5-9-26(33)30-17-16-27(29-11-7-13-34(39)38(29)30)36-19-18-35(42-36)23-14-15-31-32(20-23)25-8-3-4-10-28(25)37(31)24(21-40)22-41/h3-20H,1-2H3. The number of allylic oxidation sites excluding steroid dienone is 1. The first-order valence-electron chi connectivity index (χ1n) is 14.1. The molecule has 0 saturated carbocycles. The maximum Gasteiger partial charge on any atom is 0.138 e. The van der Waals surface area contributed by atoms with E-state index in [1.807, 2.05) is 18.2 Å². The SMILES string of the molecule is CC1(C)c2ccccc2-c2ccc(-c3ccc(-c4ccc5c(c4)-c4ccccc4C5=C(C#N)C#N)s3)c3cccc1c23. The first-order chi connectivity index (χ1) is 20.5. The van der Waals surface area contributed by atoms with Gasteiger partial charge in [0.2, 0.25) is 0 Å². The molecule has 0 aliphatic heterocycles. The largest absolute Gasteiger partial charge is 0.192 e. The number of nitriles is 2. The summed E-state index contributed by atoms with van der Waals surface area (Å²) in [6, 6.07) is 43.3. The van der Waals surface area contributed by atoms with Crippen LogP contribution in [0.4, 0.5) is 0 Å². The summed E-state index contributed by atoms with van der Waals surface area (Å²) in [5.74, 6) is 0. The highest BCUT2D eigenvalue weighted by molar-refractivity contribution is 7.18. The summed E-state index contributed by atoms with van der Waals surface area (Å²) in [5.41, 5.74) is 12.6. The van der Waals surface area contributed by atoms with Crippen LogP contribution in [0, 0.1) is 22.7 Å². The topological polar surface area (TPSA) is 47.6 Å². The molecule has 6 aromatic rings. The fourth-order valence-corrected chi connectivity index (χ4v) is 8.08. The monoisotopic (exact) mass is 552 g/mol. The van der Waals surface area contributed by atoms with Crippen molar-refractivity contribution in [1.29, 1.82) is 10.5 Å². The van der Waals surface area contributed by atoms with Gasteiger partial charge in [-0.15, -0.1) is 11.3 Å². The van der Waals surface area contributed by atoms with Crippen LogP contribution in [0.3, 0.4) is 0 Å². The second kappa shape index (κ2) is 8.89. The Kier molecular flexibility index (Phi) is 5.20. The molecule has 0 N–H and O–H groups in total. The molecule has 0 saturated heterocycles. The fourth-order valence-electron chi connectivity index (χ4n) is 7.04. The molecule has 42 heavy (non-hydrogen) atoms. The van der Waals surface area contributed by atoms with E-state index in [9.17, 15) is 10.5 Å². The number of thiophene rings is 1. The maximum atomic E-state index is 9.66. The Morgan fingerprint density at radius 3 is 2.02 bits per heavy atom. The summed E-state index contributed by atoms with van der Waals surface area (Å²) in [6.45, 7) is 4.67. The highest BCUT2D eigenvalue weighted by atomic mass is 32.1. The van der Waals surface area contributed by atoms with Crippen molar-refractivity contribution in [2.24, 2.45) is 0 Å². The van der Waals surface area contributed by atoms with Crippen molar-refractivity contribution in [2.75, 3.05) is 0 Å². The van der Waals surface area contributed by atoms with Crippen molar-refractivity contribution in [2.45, 2.75) is 19.3 Å². The molecule has 0 spiro atoms. The summed E-state index contributed by atoms with van der Waals surface area (Å²) in [4.78, 5) is 2.43. The maximum absolute atomic E-state index is 9.66. The van der Waals surface area contributed by atoms with Gasteiger partial charge in [0.1, 0.15) is 17.7 Å². The van der Waals surface area contributed by atoms with Gasteiger partial charge >= 0.3 is 0 Å². The molecule has 2 aliphatic carbocycles. The van der Waals surface area contributed by atoms with Gasteiger partial charge in [0, 0.05) is 20.7 Å². The third-order valence-corrected chi connectivity index (χ3v) is 10.2. The van der Waals surface area contributed by atoms with E-state index in [0.717, 1.165) is 33.4 Å². The Morgan fingerprint density at radius 1 is 0.571 bits per heavy atom. The van der Waals surface area contributed by atoms with Crippen LogP contribution in [-0.2, 0) is 5.41 Å². The lowest BCUT2D eigenvalue weighted by Gasteiger charge is -2.35. The first kappa shape index (κ1) is 24.6. The predicted molar refractivity (Wildman–Crippen MR) is 173 cm³/mol. The molecular formula is C39H24N2S. The van der Waals surface area contributed by atoms with E-state index in [-0.39, 0.29) is 11.0 Å². The van der Waals surface area contributed by atoms with E-state index in [4.69, 9.17) is 0 Å². The molecule has 0 amide bonds. The number of rotatable bonds is 2. The van der Waals surface area contributed by atoms with E-state index in [2.05, 4.69) is 117 Å².